The zero-order valence-electron chi connectivity index (χ0n) is 11.7. The van der Waals surface area contributed by atoms with E-state index in [-0.39, 0.29) is 16.5 Å². The molecular weight excluding hydrogens is 312 g/mol. The third-order valence-corrected chi connectivity index (χ3v) is 6.60. The second-order valence-electron chi connectivity index (χ2n) is 5.61. The Hall–Kier alpha value is -0.660. The van der Waals surface area contributed by atoms with Gasteiger partial charge in [-0.25, -0.2) is 8.42 Å². The first kappa shape index (κ1) is 15.2. The van der Waals surface area contributed by atoms with Gasteiger partial charge in [-0.05, 0) is 37.1 Å². The Labute approximate surface area is 130 Å². The Bertz CT molecular complexity index is 635. The van der Waals surface area contributed by atoms with E-state index in [1.807, 2.05) is 0 Å². The quantitative estimate of drug-likeness (QED) is 0.907. The number of benzene rings is 1. The van der Waals surface area contributed by atoms with Crippen LogP contribution in [-0.2, 0) is 16.6 Å². The molecule has 0 aromatic heterocycles. The molecule has 3 rings (SSSR count). The van der Waals surface area contributed by atoms with Crippen LogP contribution in [-0.4, -0.2) is 55.0 Å². The molecule has 2 aliphatic heterocycles. The minimum absolute atomic E-state index is 0.195. The van der Waals surface area contributed by atoms with Crippen molar-refractivity contribution >= 4 is 21.6 Å². The van der Waals surface area contributed by atoms with Gasteiger partial charge in [0.1, 0.15) is 0 Å². The molecule has 2 aliphatic rings. The average Bonchev–Trinajstić information content (AvgIpc) is 2.94. The van der Waals surface area contributed by atoms with Crippen LogP contribution < -0.4 is 0 Å². The largest absolute Gasteiger partial charge is 0.392 e. The highest BCUT2D eigenvalue weighted by Gasteiger charge is 2.36. The lowest BCUT2D eigenvalue weighted by Crippen LogP contribution is -2.51. The molecule has 1 atom stereocenters. The second-order valence-corrected chi connectivity index (χ2v) is 7.95. The third kappa shape index (κ3) is 2.83. The van der Waals surface area contributed by atoms with Crippen LogP contribution in [0.25, 0.3) is 0 Å². The summed E-state index contributed by atoms with van der Waals surface area (Å²) in [6.45, 7) is 2.77. The summed E-state index contributed by atoms with van der Waals surface area (Å²) in [6, 6.07) is 4.87. The summed E-state index contributed by atoms with van der Waals surface area (Å²) in [7, 11) is -3.51. The summed E-state index contributed by atoms with van der Waals surface area (Å²) in [4.78, 5) is 2.57. The van der Waals surface area contributed by atoms with E-state index in [1.54, 1.807) is 10.4 Å². The fraction of sp³-hybridized carbons (Fsp3) is 0.571. The first-order valence-corrected chi connectivity index (χ1v) is 8.97. The number of halogens is 1. The summed E-state index contributed by atoms with van der Waals surface area (Å²) < 4.78 is 27.0. The van der Waals surface area contributed by atoms with Gasteiger partial charge in [0.25, 0.3) is 0 Å². The lowest BCUT2D eigenvalue weighted by molar-refractivity contribution is 0.158. The minimum atomic E-state index is -3.51. The Morgan fingerprint density at radius 1 is 1.29 bits per heavy atom. The van der Waals surface area contributed by atoms with Crippen molar-refractivity contribution in [2.45, 2.75) is 30.4 Å². The van der Waals surface area contributed by atoms with Crippen LogP contribution >= 0.6 is 11.6 Å². The number of hydrogen-bond donors (Lipinski definition) is 1. The Morgan fingerprint density at radius 2 is 2.10 bits per heavy atom. The van der Waals surface area contributed by atoms with Gasteiger partial charge < -0.3 is 5.11 Å². The van der Waals surface area contributed by atoms with Gasteiger partial charge in [0.15, 0.2) is 0 Å². The molecule has 1 N–H and O–H groups in total. The van der Waals surface area contributed by atoms with Crippen LogP contribution in [0.4, 0.5) is 0 Å². The molecule has 0 radical (unpaired) electrons. The maximum atomic E-state index is 12.7. The van der Waals surface area contributed by atoms with Crippen molar-refractivity contribution in [2.75, 3.05) is 26.2 Å². The number of nitrogens with zero attached hydrogens (tertiary/aromatic N) is 2. The lowest BCUT2D eigenvalue weighted by atomic mass is 10.2. The van der Waals surface area contributed by atoms with E-state index in [4.69, 9.17) is 16.7 Å². The lowest BCUT2D eigenvalue weighted by Gasteiger charge is -2.36. The summed E-state index contributed by atoms with van der Waals surface area (Å²) in [5, 5.41) is 9.40. The van der Waals surface area contributed by atoms with Crippen LogP contribution in [0.5, 0.6) is 0 Å². The molecular formula is C14H19ClN2O3S. The summed E-state index contributed by atoms with van der Waals surface area (Å²) in [6.07, 6.45) is 2.21. The van der Waals surface area contributed by atoms with E-state index in [0.29, 0.717) is 24.7 Å². The molecule has 1 aromatic rings. The highest BCUT2D eigenvalue weighted by Crippen LogP contribution is 2.27. The van der Waals surface area contributed by atoms with Crippen LogP contribution in [0.15, 0.2) is 23.1 Å². The SMILES string of the molecule is O=S(=O)(c1ccc(CO)c(Cl)c1)N1CCN2CCCC2C1. The summed E-state index contributed by atoms with van der Waals surface area (Å²) >= 11 is 6.01. The van der Waals surface area contributed by atoms with Crippen LogP contribution in [0.3, 0.4) is 0 Å². The summed E-state index contributed by atoms with van der Waals surface area (Å²) in [5.74, 6) is 0. The number of aliphatic hydroxyl groups is 1. The summed E-state index contributed by atoms with van der Waals surface area (Å²) in [5.41, 5.74) is 0.538. The van der Waals surface area contributed by atoms with E-state index in [0.717, 1.165) is 25.9 Å². The van der Waals surface area contributed by atoms with Crippen molar-refractivity contribution < 1.29 is 13.5 Å². The number of hydrogen-bond acceptors (Lipinski definition) is 4. The first-order valence-electron chi connectivity index (χ1n) is 7.16. The second kappa shape index (κ2) is 5.85. The topological polar surface area (TPSA) is 60.9 Å². The third-order valence-electron chi connectivity index (χ3n) is 4.38. The number of fused-ring (bicyclic) bond motifs is 1. The molecule has 1 unspecified atom stereocenters. The van der Waals surface area contributed by atoms with Crippen molar-refractivity contribution in [2.24, 2.45) is 0 Å². The average molecular weight is 331 g/mol. The number of sulfonamides is 1. The highest BCUT2D eigenvalue weighted by molar-refractivity contribution is 7.89. The molecule has 7 heteroatoms. The normalized spacial score (nSPS) is 24.2. The first-order chi connectivity index (χ1) is 10.0. The number of rotatable bonds is 3. The van der Waals surface area contributed by atoms with E-state index < -0.39 is 10.0 Å². The highest BCUT2D eigenvalue weighted by atomic mass is 35.5. The van der Waals surface area contributed by atoms with E-state index in [1.165, 1.54) is 12.1 Å². The van der Waals surface area contributed by atoms with Crippen LogP contribution in [0.1, 0.15) is 18.4 Å². The Balaban J connectivity index is 1.85. The maximum absolute atomic E-state index is 12.7. The molecule has 5 nitrogen and oxygen atoms in total. The van der Waals surface area contributed by atoms with Gasteiger partial charge >= 0.3 is 0 Å². The fourth-order valence-electron chi connectivity index (χ4n) is 3.15. The number of piperazine rings is 1. The van der Waals surface area contributed by atoms with Crippen molar-refractivity contribution in [3.05, 3.63) is 28.8 Å². The Kier molecular flexibility index (Phi) is 4.25. The standard InChI is InChI=1S/C14H19ClN2O3S/c15-14-8-13(4-3-11(14)10-18)21(19,20)17-7-6-16-5-1-2-12(16)9-17/h3-4,8,12,18H,1-2,5-7,9-10H2. The minimum Gasteiger partial charge on any atom is -0.392 e. The van der Waals surface area contributed by atoms with E-state index in [9.17, 15) is 8.42 Å². The predicted molar refractivity (Wildman–Crippen MR) is 80.7 cm³/mol. The van der Waals surface area contributed by atoms with E-state index >= 15 is 0 Å². The monoisotopic (exact) mass is 330 g/mol. The molecule has 116 valence electrons. The van der Waals surface area contributed by atoms with Gasteiger partial charge in [-0.15, -0.1) is 0 Å². The van der Waals surface area contributed by atoms with Gasteiger partial charge in [0, 0.05) is 30.7 Å². The predicted octanol–water partition coefficient (Wildman–Crippen LogP) is 1.30. The van der Waals surface area contributed by atoms with Crippen molar-refractivity contribution in [1.82, 2.24) is 9.21 Å². The van der Waals surface area contributed by atoms with Gasteiger partial charge in [-0.3, -0.25) is 4.90 Å². The molecule has 2 fully saturated rings. The van der Waals surface area contributed by atoms with Crippen molar-refractivity contribution in [3.8, 4) is 0 Å². The van der Waals surface area contributed by atoms with Crippen molar-refractivity contribution in [3.63, 3.8) is 0 Å². The molecule has 0 bridgehead atoms. The van der Waals surface area contributed by atoms with E-state index in [2.05, 4.69) is 4.90 Å². The Morgan fingerprint density at radius 3 is 2.81 bits per heavy atom. The molecule has 0 spiro atoms. The van der Waals surface area contributed by atoms with Gasteiger partial charge in [-0.2, -0.15) is 4.31 Å². The van der Waals surface area contributed by atoms with Crippen LogP contribution in [0, 0.1) is 0 Å². The molecule has 21 heavy (non-hydrogen) atoms. The zero-order chi connectivity index (χ0) is 15.0. The maximum Gasteiger partial charge on any atom is 0.243 e. The zero-order valence-corrected chi connectivity index (χ0v) is 13.3. The number of aliphatic hydroxyl groups excluding tert-OH is 1. The molecule has 0 saturated carbocycles. The molecule has 1 aromatic carbocycles. The molecule has 2 heterocycles. The smallest absolute Gasteiger partial charge is 0.243 e. The molecule has 0 aliphatic carbocycles. The molecule has 2 saturated heterocycles. The van der Waals surface area contributed by atoms with Crippen LogP contribution in [0.2, 0.25) is 5.02 Å². The fourth-order valence-corrected chi connectivity index (χ4v) is 4.95. The van der Waals surface area contributed by atoms with Crippen molar-refractivity contribution in [1.29, 1.82) is 0 Å². The van der Waals surface area contributed by atoms with Gasteiger partial charge in [0.2, 0.25) is 10.0 Å². The van der Waals surface area contributed by atoms with Gasteiger partial charge in [0.05, 0.1) is 11.5 Å². The molecule has 0 amide bonds. The van der Waals surface area contributed by atoms with Gasteiger partial charge in [-0.1, -0.05) is 17.7 Å².